The number of aromatic nitrogens is 2. The van der Waals surface area contributed by atoms with E-state index in [2.05, 4.69) is 65.7 Å². The SMILES string of the molecule is Cc1cc([C@H]2[C@H](c3ccccn3)NC(=S)N2CC(C)C)c(C)n1-c1cccc(Cl)c1. The molecule has 156 valence electrons. The molecule has 0 spiro atoms. The quantitative estimate of drug-likeness (QED) is 0.512. The van der Waals surface area contributed by atoms with E-state index in [1.54, 1.807) is 0 Å². The van der Waals surface area contributed by atoms with Crippen molar-refractivity contribution in [1.82, 2.24) is 19.8 Å². The molecule has 0 amide bonds. The average molecular weight is 439 g/mol. The standard InChI is InChI=1S/C24H27ClN4S/c1-15(2)14-28-23(22(27-24(28)30)21-10-5-6-11-26-21)20-12-16(3)29(17(20)4)19-9-7-8-18(25)13-19/h5-13,15,22-23H,14H2,1-4H3,(H,27,30)/t22-,23-/m0/s1. The van der Waals surface area contributed by atoms with Gasteiger partial charge in [-0.3, -0.25) is 4.98 Å². The van der Waals surface area contributed by atoms with Gasteiger partial charge in [0.15, 0.2) is 5.11 Å². The third-order valence-electron chi connectivity index (χ3n) is 5.61. The molecule has 30 heavy (non-hydrogen) atoms. The van der Waals surface area contributed by atoms with E-state index in [1.165, 1.54) is 17.0 Å². The van der Waals surface area contributed by atoms with Crippen LogP contribution in [0.25, 0.3) is 5.69 Å². The molecule has 3 aromatic rings. The first-order valence-electron chi connectivity index (χ1n) is 10.3. The summed E-state index contributed by atoms with van der Waals surface area (Å²) in [6, 6.07) is 16.4. The number of rotatable bonds is 5. The zero-order valence-electron chi connectivity index (χ0n) is 17.8. The summed E-state index contributed by atoms with van der Waals surface area (Å²) in [6.07, 6.45) is 1.84. The fourth-order valence-electron chi connectivity index (χ4n) is 4.43. The van der Waals surface area contributed by atoms with Crippen molar-refractivity contribution >= 4 is 28.9 Å². The Hall–Kier alpha value is -2.37. The first-order valence-corrected chi connectivity index (χ1v) is 11.1. The van der Waals surface area contributed by atoms with Crippen molar-refractivity contribution in [2.75, 3.05) is 6.54 Å². The largest absolute Gasteiger partial charge is 0.352 e. The summed E-state index contributed by atoms with van der Waals surface area (Å²) < 4.78 is 2.27. The lowest BCUT2D eigenvalue weighted by Gasteiger charge is -2.29. The smallest absolute Gasteiger partial charge is 0.170 e. The fourth-order valence-corrected chi connectivity index (χ4v) is 4.93. The predicted molar refractivity (Wildman–Crippen MR) is 127 cm³/mol. The zero-order valence-corrected chi connectivity index (χ0v) is 19.3. The van der Waals surface area contributed by atoms with E-state index < -0.39 is 0 Å². The molecule has 0 bridgehead atoms. The van der Waals surface area contributed by atoms with Crippen LogP contribution in [0.2, 0.25) is 5.02 Å². The Morgan fingerprint density at radius 2 is 1.93 bits per heavy atom. The van der Waals surface area contributed by atoms with Crippen LogP contribution in [-0.4, -0.2) is 26.1 Å². The molecular weight excluding hydrogens is 412 g/mol. The fraction of sp³-hybridized carbons (Fsp3) is 0.333. The maximum Gasteiger partial charge on any atom is 0.170 e. The Bertz CT molecular complexity index is 1060. The average Bonchev–Trinajstić information content (AvgIpc) is 3.18. The summed E-state index contributed by atoms with van der Waals surface area (Å²) in [4.78, 5) is 6.96. The molecule has 0 radical (unpaired) electrons. The minimum absolute atomic E-state index is 0.00533. The van der Waals surface area contributed by atoms with Crippen LogP contribution in [0.5, 0.6) is 0 Å². The maximum absolute atomic E-state index is 6.28. The molecule has 1 fully saturated rings. The van der Waals surface area contributed by atoms with Crippen LogP contribution < -0.4 is 5.32 Å². The number of aryl methyl sites for hydroxylation is 1. The topological polar surface area (TPSA) is 33.1 Å². The molecule has 1 saturated heterocycles. The molecule has 2 atom stereocenters. The second-order valence-electron chi connectivity index (χ2n) is 8.31. The predicted octanol–water partition coefficient (Wildman–Crippen LogP) is 5.77. The third kappa shape index (κ3) is 3.84. The number of pyridine rings is 1. The monoisotopic (exact) mass is 438 g/mol. The summed E-state index contributed by atoms with van der Waals surface area (Å²) in [6.45, 7) is 9.65. The van der Waals surface area contributed by atoms with Crippen molar-refractivity contribution < 1.29 is 0 Å². The van der Waals surface area contributed by atoms with Crippen molar-refractivity contribution in [3.8, 4) is 5.69 Å². The Morgan fingerprint density at radius 1 is 1.13 bits per heavy atom. The number of hydrogen-bond donors (Lipinski definition) is 1. The Morgan fingerprint density at radius 3 is 2.60 bits per heavy atom. The molecule has 3 heterocycles. The number of benzene rings is 1. The number of halogens is 1. The highest BCUT2D eigenvalue weighted by atomic mass is 35.5. The maximum atomic E-state index is 6.28. The number of thiocarbonyl (C=S) groups is 1. The van der Waals surface area contributed by atoms with Crippen LogP contribution in [0.4, 0.5) is 0 Å². The van der Waals surface area contributed by atoms with E-state index in [0.29, 0.717) is 5.92 Å². The number of nitrogens with one attached hydrogen (secondary N) is 1. The van der Waals surface area contributed by atoms with Crippen molar-refractivity contribution in [1.29, 1.82) is 0 Å². The summed E-state index contributed by atoms with van der Waals surface area (Å²) >= 11 is 12.0. The Labute approximate surface area is 188 Å². The number of hydrogen-bond acceptors (Lipinski definition) is 2. The van der Waals surface area contributed by atoms with Gasteiger partial charge in [0.25, 0.3) is 0 Å². The molecule has 2 aromatic heterocycles. The molecule has 4 nitrogen and oxygen atoms in total. The highest BCUT2D eigenvalue weighted by Gasteiger charge is 2.41. The van der Waals surface area contributed by atoms with E-state index in [9.17, 15) is 0 Å². The van der Waals surface area contributed by atoms with E-state index in [1.807, 2.05) is 36.5 Å². The van der Waals surface area contributed by atoms with Gasteiger partial charge in [-0.05, 0) is 73.9 Å². The lowest BCUT2D eigenvalue weighted by atomic mass is 9.96. The van der Waals surface area contributed by atoms with Gasteiger partial charge >= 0.3 is 0 Å². The highest BCUT2D eigenvalue weighted by molar-refractivity contribution is 7.80. The molecule has 6 heteroatoms. The second-order valence-corrected chi connectivity index (χ2v) is 9.14. The molecule has 4 rings (SSSR count). The van der Waals surface area contributed by atoms with Gasteiger partial charge in [-0.2, -0.15) is 0 Å². The van der Waals surface area contributed by atoms with Gasteiger partial charge in [0.1, 0.15) is 0 Å². The zero-order chi connectivity index (χ0) is 21.4. The van der Waals surface area contributed by atoms with Gasteiger partial charge in [0, 0.05) is 34.8 Å². The summed E-state index contributed by atoms with van der Waals surface area (Å²) in [7, 11) is 0. The minimum atomic E-state index is 0.00533. The van der Waals surface area contributed by atoms with E-state index in [4.69, 9.17) is 23.8 Å². The second kappa shape index (κ2) is 8.40. The van der Waals surface area contributed by atoms with Gasteiger partial charge in [-0.25, -0.2) is 0 Å². The Kier molecular flexibility index (Phi) is 5.85. The third-order valence-corrected chi connectivity index (χ3v) is 6.20. The van der Waals surface area contributed by atoms with Crippen LogP contribution in [0.15, 0.2) is 54.7 Å². The molecule has 1 N–H and O–H groups in total. The van der Waals surface area contributed by atoms with Gasteiger partial charge in [-0.15, -0.1) is 0 Å². The van der Waals surface area contributed by atoms with Gasteiger partial charge < -0.3 is 14.8 Å². The normalized spacial score (nSPS) is 18.9. The van der Waals surface area contributed by atoms with Gasteiger partial charge in [0.2, 0.25) is 0 Å². The van der Waals surface area contributed by atoms with Crippen LogP contribution in [0.3, 0.4) is 0 Å². The first-order chi connectivity index (χ1) is 14.4. The Balaban J connectivity index is 1.84. The molecule has 1 aliphatic rings. The molecular formula is C24H27ClN4S. The van der Waals surface area contributed by atoms with Crippen molar-refractivity contribution in [2.45, 2.75) is 39.8 Å². The molecule has 1 aromatic carbocycles. The summed E-state index contributed by atoms with van der Waals surface area (Å²) in [5, 5.41) is 5.07. The molecule has 0 saturated carbocycles. The highest BCUT2D eigenvalue weighted by Crippen LogP contribution is 2.41. The number of nitrogens with zero attached hydrogens (tertiary/aromatic N) is 3. The van der Waals surface area contributed by atoms with E-state index >= 15 is 0 Å². The first kappa shape index (κ1) is 20.9. The summed E-state index contributed by atoms with van der Waals surface area (Å²) in [5.74, 6) is 0.492. The van der Waals surface area contributed by atoms with Crippen LogP contribution in [0, 0.1) is 19.8 Å². The van der Waals surface area contributed by atoms with Gasteiger partial charge in [-0.1, -0.05) is 37.6 Å². The van der Waals surface area contributed by atoms with Crippen molar-refractivity contribution in [2.24, 2.45) is 5.92 Å². The lowest BCUT2D eigenvalue weighted by molar-refractivity contribution is 0.287. The van der Waals surface area contributed by atoms with Crippen molar-refractivity contribution in [3.63, 3.8) is 0 Å². The van der Waals surface area contributed by atoms with Crippen LogP contribution >= 0.6 is 23.8 Å². The minimum Gasteiger partial charge on any atom is -0.352 e. The molecule has 0 unspecified atom stereocenters. The van der Waals surface area contributed by atoms with E-state index in [0.717, 1.165) is 28.1 Å². The van der Waals surface area contributed by atoms with Crippen LogP contribution in [-0.2, 0) is 0 Å². The van der Waals surface area contributed by atoms with Gasteiger partial charge in [0.05, 0.1) is 17.8 Å². The van der Waals surface area contributed by atoms with E-state index in [-0.39, 0.29) is 12.1 Å². The summed E-state index contributed by atoms with van der Waals surface area (Å²) in [5.41, 5.74) is 5.70. The molecule has 0 aliphatic carbocycles. The lowest BCUT2D eigenvalue weighted by Crippen LogP contribution is -2.33. The van der Waals surface area contributed by atoms with Crippen LogP contribution in [0.1, 0.15) is 48.6 Å². The van der Waals surface area contributed by atoms with Crippen molar-refractivity contribution in [3.05, 3.63) is 82.4 Å². The molecule has 1 aliphatic heterocycles.